The van der Waals surface area contributed by atoms with Gasteiger partial charge in [0.1, 0.15) is 0 Å². The molecule has 4 heteroatoms. The van der Waals surface area contributed by atoms with E-state index in [-0.39, 0.29) is 18.6 Å². The summed E-state index contributed by atoms with van der Waals surface area (Å²) in [5.41, 5.74) is 0. The van der Waals surface area contributed by atoms with Crippen LogP contribution in [0.1, 0.15) is 6.42 Å². The largest absolute Gasteiger partial charge is 0.396 e. The first-order chi connectivity index (χ1) is 9.04. The summed E-state index contributed by atoms with van der Waals surface area (Å²) in [5.74, 6) is 0.0838. The van der Waals surface area contributed by atoms with Crippen LogP contribution >= 0.6 is 0 Å². The van der Waals surface area contributed by atoms with Crippen molar-refractivity contribution in [1.29, 1.82) is 0 Å². The first kappa shape index (κ1) is 14.7. The summed E-state index contributed by atoms with van der Waals surface area (Å²) < 4.78 is 5.76. The molecule has 0 aliphatic carbocycles. The van der Waals surface area contributed by atoms with E-state index in [1.54, 1.807) is 0 Å². The number of benzene rings is 1. The van der Waals surface area contributed by atoms with Crippen molar-refractivity contribution in [3.63, 3.8) is 0 Å². The smallest absolute Gasteiger partial charge is 0.0831 e. The van der Waals surface area contributed by atoms with Crippen molar-refractivity contribution in [1.82, 2.24) is 0 Å². The van der Waals surface area contributed by atoms with E-state index in [0.29, 0.717) is 13.0 Å². The minimum Gasteiger partial charge on any atom is -0.396 e. The van der Waals surface area contributed by atoms with Crippen LogP contribution in [-0.4, -0.2) is 43.7 Å². The van der Waals surface area contributed by atoms with E-state index < -0.39 is 14.2 Å². The summed E-state index contributed by atoms with van der Waals surface area (Å²) in [6.45, 7) is 5.21. The molecular formula is C15H24O3Si. The highest BCUT2D eigenvalue weighted by atomic mass is 28.3. The van der Waals surface area contributed by atoms with Crippen LogP contribution in [-0.2, 0) is 4.74 Å². The second-order valence-corrected chi connectivity index (χ2v) is 10.8. The predicted molar refractivity (Wildman–Crippen MR) is 79.3 cm³/mol. The molecule has 19 heavy (non-hydrogen) atoms. The second-order valence-electron chi connectivity index (χ2n) is 6.07. The molecule has 1 aromatic rings. The zero-order valence-corrected chi connectivity index (χ0v) is 12.7. The molecular weight excluding hydrogens is 256 g/mol. The zero-order valence-electron chi connectivity index (χ0n) is 11.7. The van der Waals surface area contributed by atoms with Crippen molar-refractivity contribution in [3.8, 4) is 0 Å². The fourth-order valence-corrected chi connectivity index (χ4v) is 5.72. The molecule has 1 saturated heterocycles. The molecule has 106 valence electrons. The van der Waals surface area contributed by atoms with Crippen molar-refractivity contribution in [2.24, 2.45) is 5.92 Å². The summed E-state index contributed by atoms with van der Waals surface area (Å²) in [6.07, 6.45) is 0.298. The first-order valence-electron chi connectivity index (χ1n) is 7.00. The highest BCUT2D eigenvalue weighted by Gasteiger charge is 2.39. The monoisotopic (exact) mass is 280 g/mol. The van der Waals surface area contributed by atoms with E-state index in [4.69, 9.17) is 9.84 Å². The number of rotatable bonds is 5. The normalized spacial score (nSPS) is 27.7. The van der Waals surface area contributed by atoms with Gasteiger partial charge in [0.05, 0.1) is 26.9 Å². The lowest BCUT2D eigenvalue weighted by Gasteiger charge is -2.29. The van der Waals surface area contributed by atoms with Gasteiger partial charge in [-0.25, -0.2) is 0 Å². The number of hydrogen-bond donors (Lipinski definition) is 2. The molecule has 1 aliphatic rings. The van der Waals surface area contributed by atoms with Gasteiger partial charge in [-0.2, -0.15) is 0 Å². The molecule has 0 unspecified atom stereocenters. The van der Waals surface area contributed by atoms with Crippen LogP contribution in [0.5, 0.6) is 0 Å². The summed E-state index contributed by atoms with van der Waals surface area (Å²) in [6, 6.07) is 11.6. The Morgan fingerprint density at radius 3 is 2.58 bits per heavy atom. The van der Waals surface area contributed by atoms with Gasteiger partial charge >= 0.3 is 0 Å². The van der Waals surface area contributed by atoms with Crippen LogP contribution in [0.2, 0.25) is 19.1 Å². The molecule has 0 saturated carbocycles. The highest BCUT2D eigenvalue weighted by Crippen LogP contribution is 2.30. The van der Waals surface area contributed by atoms with Crippen LogP contribution in [0.25, 0.3) is 0 Å². The van der Waals surface area contributed by atoms with Gasteiger partial charge in [-0.05, 0) is 12.5 Å². The molecule has 2 rings (SSSR count). The van der Waals surface area contributed by atoms with Gasteiger partial charge in [0, 0.05) is 12.5 Å². The Bertz CT molecular complexity index is 394. The predicted octanol–water partition coefficient (Wildman–Crippen LogP) is 1.36. The molecule has 1 aliphatic heterocycles. The van der Waals surface area contributed by atoms with Gasteiger partial charge in [-0.3, -0.25) is 0 Å². The summed E-state index contributed by atoms with van der Waals surface area (Å²) in [4.78, 5) is 0. The first-order valence-corrected chi connectivity index (χ1v) is 10.2. The minimum absolute atomic E-state index is 0.0838. The van der Waals surface area contributed by atoms with Crippen molar-refractivity contribution in [3.05, 3.63) is 30.3 Å². The lowest BCUT2D eigenvalue weighted by Crippen LogP contribution is -2.45. The van der Waals surface area contributed by atoms with Gasteiger partial charge in [0.25, 0.3) is 0 Å². The van der Waals surface area contributed by atoms with E-state index in [9.17, 15) is 5.11 Å². The van der Waals surface area contributed by atoms with Crippen LogP contribution in [0, 0.1) is 5.92 Å². The fourth-order valence-electron chi connectivity index (χ4n) is 2.96. The van der Waals surface area contributed by atoms with Crippen LogP contribution in [0.15, 0.2) is 30.3 Å². The molecule has 3 atom stereocenters. The van der Waals surface area contributed by atoms with Gasteiger partial charge in [0.2, 0.25) is 0 Å². The van der Waals surface area contributed by atoms with E-state index in [1.165, 1.54) is 5.19 Å². The molecule has 0 bridgehead atoms. The average molecular weight is 280 g/mol. The SMILES string of the molecule is C[Si](C)(C[C@@H]1OC[C@H](O)[C@H]1CCO)c1ccccc1. The second kappa shape index (κ2) is 6.18. The quantitative estimate of drug-likeness (QED) is 0.801. The van der Waals surface area contributed by atoms with Crippen molar-refractivity contribution in [2.45, 2.75) is 37.8 Å². The van der Waals surface area contributed by atoms with Crippen molar-refractivity contribution in [2.75, 3.05) is 13.2 Å². The summed E-state index contributed by atoms with van der Waals surface area (Å²) in [7, 11) is -1.56. The van der Waals surface area contributed by atoms with Crippen LogP contribution < -0.4 is 5.19 Å². The maximum Gasteiger partial charge on any atom is 0.0831 e. The third kappa shape index (κ3) is 3.45. The zero-order chi connectivity index (χ0) is 13.9. The van der Waals surface area contributed by atoms with E-state index in [1.807, 2.05) is 6.07 Å². The lowest BCUT2D eigenvalue weighted by molar-refractivity contribution is 0.0944. The van der Waals surface area contributed by atoms with E-state index in [2.05, 4.69) is 37.4 Å². The van der Waals surface area contributed by atoms with Crippen molar-refractivity contribution >= 4 is 13.3 Å². The molecule has 1 heterocycles. The van der Waals surface area contributed by atoms with Gasteiger partial charge < -0.3 is 14.9 Å². The van der Waals surface area contributed by atoms with Crippen LogP contribution in [0.3, 0.4) is 0 Å². The Morgan fingerprint density at radius 2 is 1.95 bits per heavy atom. The lowest BCUT2D eigenvalue weighted by atomic mass is 9.97. The molecule has 2 N–H and O–H groups in total. The van der Waals surface area contributed by atoms with Crippen molar-refractivity contribution < 1.29 is 14.9 Å². The molecule has 0 aromatic heterocycles. The Hall–Kier alpha value is -0.683. The Morgan fingerprint density at radius 1 is 1.26 bits per heavy atom. The summed E-state index contributed by atoms with van der Waals surface area (Å²) >= 11 is 0. The molecule has 1 fully saturated rings. The average Bonchev–Trinajstić information content (AvgIpc) is 2.73. The van der Waals surface area contributed by atoms with E-state index in [0.717, 1.165) is 6.04 Å². The minimum atomic E-state index is -1.56. The van der Waals surface area contributed by atoms with Gasteiger partial charge in [-0.15, -0.1) is 0 Å². The Kier molecular flexibility index (Phi) is 4.79. The molecule has 1 aromatic carbocycles. The third-order valence-electron chi connectivity index (χ3n) is 4.18. The Balaban J connectivity index is 2.07. The number of aliphatic hydroxyl groups excluding tert-OH is 2. The van der Waals surface area contributed by atoms with Gasteiger partial charge in [-0.1, -0.05) is 48.6 Å². The fraction of sp³-hybridized carbons (Fsp3) is 0.600. The third-order valence-corrected chi connectivity index (χ3v) is 7.50. The molecule has 0 amide bonds. The number of aliphatic hydroxyl groups is 2. The maximum atomic E-state index is 9.94. The maximum absolute atomic E-state index is 9.94. The van der Waals surface area contributed by atoms with E-state index >= 15 is 0 Å². The standard InChI is InChI=1S/C15H24O3Si/c1-19(2,12-6-4-3-5-7-12)11-15-13(8-9-16)14(17)10-18-15/h3-7,13-17H,8-11H2,1-2H3/t13-,14+,15+/m1/s1. The summed E-state index contributed by atoms with van der Waals surface area (Å²) in [5, 5.41) is 20.5. The molecule has 3 nitrogen and oxygen atoms in total. The van der Waals surface area contributed by atoms with Crippen LogP contribution in [0.4, 0.5) is 0 Å². The Labute approximate surface area is 116 Å². The number of hydrogen-bond acceptors (Lipinski definition) is 3. The molecule has 0 radical (unpaired) electrons. The molecule has 0 spiro atoms. The number of ether oxygens (including phenoxy) is 1. The highest BCUT2D eigenvalue weighted by molar-refractivity contribution is 6.89. The van der Waals surface area contributed by atoms with Gasteiger partial charge in [0.15, 0.2) is 0 Å². The topological polar surface area (TPSA) is 49.7 Å².